The molecule has 0 N–H and O–H groups in total. The first-order valence-corrected chi connectivity index (χ1v) is 10.2. The molecule has 2 aromatic carbocycles. The molecule has 130 valence electrons. The Labute approximate surface area is 172 Å². The van der Waals surface area contributed by atoms with E-state index in [1.807, 2.05) is 60.7 Å². The van der Waals surface area contributed by atoms with Crippen molar-refractivity contribution in [1.82, 2.24) is 0 Å². The van der Waals surface area contributed by atoms with Gasteiger partial charge in [0.15, 0.2) is 5.82 Å². The van der Waals surface area contributed by atoms with Crippen molar-refractivity contribution in [2.45, 2.75) is 12.5 Å². The van der Waals surface area contributed by atoms with E-state index in [1.165, 1.54) is 11.3 Å². The lowest BCUT2D eigenvalue weighted by atomic mass is 10.0. The van der Waals surface area contributed by atoms with Crippen LogP contribution in [0.3, 0.4) is 0 Å². The molecule has 3 rings (SSSR count). The summed E-state index contributed by atoms with van der Waals surface area (Å²) in [6.07, 6.45) is 0.223. The van der Waals surface area contributed by atoms with Gasteiger partial charge in [0.25, 0.3) is 0 Å². The summed E-state index contributed by atoms with van der Waals surface area (Å²) in [6, 6.07) is 20.9. The van der Waals surface area contributed by atoms with Crippen molar-refractivity contribution in [2.75, 3.05) is 0 Å². The normalized spacial score (nSPS) is 11.6. The molecule has 0 aliphatic rings. The second-order valence-corrected chi connectivity index (χ2v) is 8.70. The topological polar surface area (TPSA) is 36.1 Å². The van der Waals surface area contributed by atoms with Crippen LogP contribution < -0.4 is 0 Å². The maximum absolute atomic E-state index is 14.3. The Morgan fingerprint density at radius 1 is 1.04 bits per heavy atom. The molecular formula is C20H13Br2FN2S. The molecule has 6 heteroatoms. The van der Waals surface area contributed by atoms with Crippen molar-refractivity contribution < 1.29 is 4.39 Å². The van der Waals surface area contributed by atoms with E-state index in [9.17, 15) is 9.65 Å². The second-order valence-electron chi connectivity index (χ2n) is 5.49. The molecule has 1 unspecified atom stereocenters. The van der Waals surface area contributed by atoms with Gasteiger partial charge in [-0.3, -0.25) is 4.99 Å². The number of rotatable bonds is 5. The quantitative estimate of drug-likeness (QED) is 0.381. The van der Waals surface area contributed by atoms with Crippen molar-refractivity contribution in [2.24, 2.45) is 4.99 Å². The van der Waals surface area contributed by atoms with Gasteiger partial charge in [-0.2, -0.15) is 5.26 Å². The molecule has 1 atom stereocenters. The maximum Gasteiger partial charge on any atom is 0.152 e. The van der Waals surface area contributed by atoms with Crippen LogP contribution in [0.4, 0.5) is 4.39 Å². The Kier molecular flexibility index (Phi) is 6.36. The molecule has 0 fully saturated rings. The SMILES string of the molecule is N#CC(Cc1sc(Br)c(Br)c1F)N=C(c1ccccc1)c1ccccc1. The summed E-state index contributed by atoms with van der Waals surface area (Å²) in [5.41, 5.74) is 2.58. The minimum atomic E-state index is -0.683. The average molecular weight is 492 g/mol. The molecule has 0 radical (unpaired) electrons. The molecule has 0 spiro atoms. The molecule has 0 saturated heterocycles. The van der Waals surface area contributed by atoms with Crippen LogP contribution in [0.5, 0.6) is 0 Å². The molecule has 0 aliphatic carbocycles. The summed E-state index contributed by atoms with van der Waals surface area (Å²) in [5, 5.41) is 9.60. The molecule has 1 aromatic heterocycles. The Hall–Kier alpha value is -1.81. The predicted molar refractivity (Wildman–Crippen MR) is 111 cm³/mol. The van der Waals surface area contributed by atoms with E-state index in [1.54, 1.807) is 0 Å². The highest BCUT2D eigenvalue weighted by molar-refractivity contribution is 9.13. The zero-order valence-corrected chi connectivity index (χ0v) is 17.5. The highest BCUT2D eigenvalue weighted by Gasteiger charge is 2.19. The van der Waals surface area contributed by atoms with E-state index in [-0.39, 0.29) is 12.2 Å². The van der Waals surface area contributed by atoms with Gasteiger partial charge in [-0.1, -0.05) is 60.7 Å². The van der Waals surface area contributed by atoms with Crippen LogP contribution in [-0.2, 0) is 6.42 Å². The van der Waals surface area contributed by atoms with E-state index in [2.05, 4.69) is 42.9 Å². The van der Waals surface area contributed by atoms with Gasteiger partial charge >= 0.3 is 0 Å². The molecule has 3 aromatic rings. The standard InChI is InChI=1S/C20H13Br2FN2S/c21-17-18(23)16(26-20(17)22)11-15(12-24)25-19(13-7-3-1-4-8-13)14-9-5-2-6-10-14/h1-10,15H,11H2. The molecule has 0 aliphatic heterocycles. The molecule has 0 saturated carbocycles. The minimum Gasteiger partial charge on any atom is -0.265 e. The van der Waals surface area contributed by atoms with E-state index in [4.69, 9.17) is 0 Å². The average Bonchev–Trinajstić information content (AvgIpc) is 2.93. The van der Waals surface area contributed by atoms with Crippen LogP contribution in [-0.4, -0.2) is 11.8 Å². The number of hydrogen-bond acceptors (Lipinski definition) is 3. The van der Waals surface area contributed by atoms with E-state index in [0.29, 0.717) is 13.1 Å². The van der Waals surface area contributed by atoms with Crippen LogP contribution >= 0.6 is 43.2 Å². The van der Waals surface area contributed by atoms with Crippen molar-refractivity contribution in [3.05, 3.63) is 90.7 Å². The fourth-order valence-corrected chi connectivity index (χ4v) is 4.70. The largest absolute Gasteiger partial charge is 0.265 e. The van der Waals surface area contributed by atoms with Gasteiger partial charge in [0.1, 0.15) is 6.04 Å². The maximum atomic E-state index is 14.3. The predicted octanol–water partition coefficient (Wildman–Crippen LogP) is 6.38. The zero-order valence-electron chi connectivity index (χ0n) is 13.5. The summed E-state index contributed by atoms with van der Waals surface area (Å²) in [7, 11) is 0. The van der Waals surface area contributed by atoms with Crippen molar-refractivity contribution in [1.29, 1.82) is 5.26 Å². The van der Waals surface area contributed by atoms with Gasteiger partial charge in [0, 0.05) is 22.4 Å². The summed E-state index contributed by atoms with van der Waals surface area (Å²) < 4.78 is 15.3. The highest BCUT2D eigenvalue weighted by atomic mass is 79.9. The lowest BCUT2D eigenvalue weighted by Gasteiger charge is -2.10. The van der Waals surface area contributed by atoms with E-state index in [0.717, 1.165) is 16.8 Å². The Bertz CT molecular complexity index is 921. The minimum absolute atomic E-state index is 0.223. The van der Waals surface area contributed by atoms with Crippen molar-refractivity contribution in [3.8, 4) is 6.07 Å². The fourth-order valence-electron chi connectivity index (χ4n) is 2.50. The van der Waals surface area contributed by atoms with Gasteiger partial charge in [-0.25, -0.2) is 4.39 Å². The lowest BCUT2D eigenvalue weighted by Crippen LogP contribution is -2.12. The lowest BCUT2D eigenvalue weighted by molar-refractivity contribution is 0.607. The molecule has 1 heterocycles. The number of benzene rings is 2. The highest BCUT2D eigenvalue weighted by Crippen LogP contribution is 2.37. The fraction of sp³-hybridized carbons (Fsp3) is 0.100. The van der Waals surface area contributed by atoms with Crippen LogP contribution in [0.1, 0.15) is 16.0 Å². The summed E-state index contributed by atoms with van der Waals surface area (Å²) >= 11 is 7.80. The number of nitriles is 1. The third-order valence-corrected chi connectivity index (χ3v) is 7.13. The first-order chi connectivity index (χ1) is 12.6. The third-order valence-electron chi connectivity index (χ3n) is 3.73. The van der Waals surface area contributed by atoms with Gasteiger partial charge in [-0.15, -0.1) is 11.3 Å². The number of thiophene rings is 1. The first kappa shape index (κ1) is 19.0. The third kappa shape index (κ3) is 4.29. The van der Waals surface area contributed by atoms with Crippen LogP contribution in [0, 0.1) is 17.1 Å². The van der Waals surface area contributed by atoms with Crippen LogP contribution in [0.15, 0.2) is 73.9 Å². The molecule has 26 heavy (non-hydrogen) atoms. The monoisotopic (exact) mass is 490 g/mol. The van der Waals surface area contributed by atoms with Crippen LogP contribution in [0.25, 0.3) is 0 Å². The molecular weight excluding hydrogens is 479 g/mol. The summed E-state index contributed by atoms with van der Waals surface area (Å²) in [5.74, 6) is -0.335. The zero-order chi connectivity index (χ0) is 18.5. The van der Waals surface area contributed by atoms with Gasteiger partial charge in [0.05, 0.1) is 20.0 Å². The Morgan fingerprint density at radius 3 is 2.00 bits per heavy atom. The smallest absolute Gasteiger partial charge is 0.152 e. The summed E-state index contributed by atoms with van der Waals surface area (Å²) in [6.45, 7) is 0. The number of halogens is 3. The molecule has 2 nitrogen and oxygen atoms in total. The van der Waals surface area contributed by atoms with E-state index < -0.39 is 6.04 Å². The van der Waals surface area contributed by atoms with Gasteiger partial charge < -0.3 is 0 Å². The van der Waals surface area contributed by atoms with Gasteiger partial charge in [0.2, 0.25) is 0 Å². The Balaban J connectivity index is 2.00. The number of aliphatic imine (C=N–C) groups is 1. The number of nitrogens with zero attached hydrogens (tertiary/aromatic N) is 2. The van der Waals surface area contributed by atoms with Gasteiger partial charge in [-0.05, 0) is 31.9 Å². The molecule has 0 amide bonds. The molecule has 0 bridgehead atoms. The summed E-state index contributed by atoms with van der Waals surface area (Å²) in [4.78, 5) is 5.17. The number of hydrogen-bond donors (Lipinski definition) is 0. The van der Waals surface area contributed by atoms with Crippen molar-refractivity contribution in [3.63, 3.8) is 0 Å². The van der Waals surface area contributed by atoms with Crippen LogP contribution in [0.2, 0.25) is 0 Å². The van der Waals surface area contributed by atoms with Crippen molar-refractivity contribution >= 4 is 48.9 Å². The first-order valence-electron chi connectivity index (χ1n) is 7.80. The van der Waals surface area contributed by atoms with E-state index >= 15 is 0 Å². The second kappa shape index (κ2) is 8.72. The Morgan fingerprint density at radius 2 is 1.58 bits per heavy atom.